The highest BCUT2D eigenvalue weighted by Gasteiger charge is 2.50. The highest BCUT2D eigenvalue weighted by atomic mass is 16.6. The monoisotopic (exact) mass is 712 g/mol. The normalized spacial score (nSPS) is 22.8. The molecule has 2 aromatic carbocycles. The van der Waals surface area contributed by atoms with Crippen LogP contribution in [0.1, 0.15) is 118 Å². The number of fused-ring (bicyclic) bond motifs is 2. The number of benzene rings is 2. The van der Waals surface area contributed by atoms with Crippen LogP contribution in [-0.2, 0) is 19.1 Å². The Hall–Kier alpha value is -5.33. The Balaban J connectivity index is 1.17. The summed E-state index contributed by atoms with van der Waals surface area (Å²) in [6, 6.07) is 6.76. The van der Waals surface area contributed by atoms with Crippen LogP contribution in [0.4, 0.5) is 9.59 Å². The second kappa shape index (κ2) is 13.0. The second-order valence-electron chi connectivity index (χ2n) is 15.7. The molecule has 13 nitrogen and oxygen atoms in total. The lowest BCUT2D eigenvalue weighted by Gasteiger charge is -2.28. The number of ether oxygens (including phenoxy) is 2. The molecule has 0 N–H and O–H groups in total. The van der Waals surface area contributed by atoms with Gasteiger partial charge in [0.25, 0.3) is 0 Å². The molecule has 0 saturated carbocycles. The summed E-state index contributed by atoms with van der Waals surface area (Å²) in [6.45, 7) is 10.7. The largest absolute Gasteiger partial charge is 0.444 e. The van der Waals surface area contributed by atoms with Gasteiger partial charge in [-0.05, 0) is 85.1 Å². The van der Waals surface area contributed by atoms with E-state index >= 15 is 0 Å². The van der Waals surface area contributed by atoms with Gasteiger partial charge in [-0.2, -0.15) is 0 Å². The molecule has 4 aliphatic rings. The van der Waals surface area contributed by atoms with Crippen LogP contribution in [0, 0.1) is 17.8 Å². The van der Waals surface area contributed by atoms with Crippen LogP contribution in [0.15, 0.2) is 36.4 Å². The van der Waals surface area contributed by atoms with E-state index < -0.39 is 87.7 Å². The van der Waals surface area contributed by atoms with Gasteiger partial charge in [-0.3, -0.25) is 38.5 Å². The molecule has 2 amide bonds. The Morgan fingerprint density at radius 3 is 1.62 bits per heavy atom. The van der Waals surface area contributed by atoms with Gasteiger partial charge >= 0.3 is 12.2 Å². The van der Waals surface area contributed by atoms with Gasteiger partial charge in [0.2, 0.25) is 0 Å². The van der Waals surface area contributed by atoms with Crippen molar-refractivity contribution in [3.8, 4) is 0 Å². The van der Waals surface area contributed by atoms with E-state index in [1.807, 2.05) is 0 Å². The molecule has 2 saturated heterocycles. The minimum absolute atomic E-state index is 0.00165. The van der Waals surface area contributed by atoms with Gasteiger partial charge in [-0.1, -0.05) is 12.1 Å². The molecule has 0 radical (unpaired) electrons. The lowest BCUT2D eigenvalue weighted by atomic mass is 9.88. The number of hydrogen-bond acceptors (Lipinski definition) is 11. The fraction of sp³-hybridized carbons (Fsp3) is 0.462. The number of ketones is 7. The fourth-order valence-electron chi connectivity index (χ4n) is 7.27. The maximum Gasteiger partial charge on any atom is 0.410 e. The Kier molecular flexibility index (Phi) is 9.13. The number of rotatable bonds is 6. The van der Waals surface area contributed by atoms with Gasteiger partial charge in [0.15, 0.2) is 40.5 Å². The minimum Gasteiger partial charge on any atom is -0.444 e. The van der Waals surface area contributed by atoms with Gasteiger partial charge < -0.3 is 14.4 Å². The molecule has 0 spiro atoms. The summed E-state index contributed by atoms with van der Waals surface area (Å²) in [7, 11) is 0. The highest BCUT2D eigenvalue weighted by molar-refractivity contribution is 6.37. The predicted molar refractivity (Wildman–Crippen MR) is 183 cm³/mol. The van der Waals surface area contributed by atoms with Crippen molar-refractivity contribution in [2.75, 3.05) is 19.6 Å². The molecule has 2 aliphatic carbocycles. The molecule has 6 rings (SSSR count). The molecule has 0 bridgehead atoms. The molecule has 13 heteroatoms. The lowest BCUT2D eigenvalue weighted by Crippen LogP contribution is -2.47. The summed E-state index contributed by atoms with van der Waals surface area (Å²) in [5, 5.41) is 0. The summed E-state index contributed by atoms with van der Waals surface area (Å²) in [4.78, 5) is 122. The Morgan fingerprint density at radius 2 is 1.10 bits per heavy atom. The molecular formula is C39H40N2O11. The van der Waals surface area contributed by atoms with Gasteiger partial charge in [0.05, 0.1) is 6.04 Å². The third-order valence-electron chi connectivity index (χ3n) is 9.69. The molecule has 0 aromatic heterocycles. The van der Waals surface area contributed by atoms with E-state index in [4.69, 9.17) is 9.47 Å². The first-order chi connectivity index (χ1) is 24.3. The van der Waals surface area contributed by atoms with Crippen LogP contribution in [-0.4, -0.2) is 99.3 Å². The van der Waals surface area contributed by atoms with Crippen LogP contribution in [0.3, 0.4) is 0 Å². The first kappa shape index (κ1) is 36.5. The van der Waals surface area contributed by atoms with Crippen LogP contribution in [0.25, 0.3) is 0 Å². The van der Waals surface area contributed by atoms with Crippen LogP contribution >= 0.6 is 0 Å². The molecule has 2 heterocycles. The Labute approximate surface area is 300 Å². The van der Waals surface area contributed by atoms with Gasteiger partial charge in [-0.25, -0.2) is 9.59 Å². The Bertz CT molecular complexity index is 1980. The van der Waals surface area contributed by atoms with E-state index in [-0.39, 0.29) is 65.9 Å². The summed E-state index contributed by atoms with van der Waals surface area (Å²) in [6.07, 6.45) is -0.263. The first-order valence-electron chi connectivity index (χ1n) is 17.3. The van der Waals surface area contributed by atoms with Crippen molar-refractivity contribution in [1.82, 2.24) is 9.80 Å². The van der Waals surface area contributed by atoms with E-state index in [0.29, 0.717) is 6.42 Å². The predicted octanol–water partition coefficient (Wildman–Crippen LogP) is 4.70. The third kappa shape index (κ3) is 6.59. The van der Waals surface area contributed by atoms with Crippen molar-refractivity contribution < 1.29 is 52.6 Å². The molecule has 2 unspecified atom stereocenters. The van der Waals surface area contributed by atoms with E-state index in [9.17, 15) is 43.2 Å². The average Bonchev–Trinajstić information content (AvgIpc) is 3.85. The van der Waals surface area contributed by atoms with Crippen LogP contribution in [0.2, 0.25) is 0 Å². The molecule has 2 aromatic rings. The molecule has 2 aliphatic heterocycles. The number of hydrogen-bond donors (Lipinski definition) is 0. The lowest BCUT2D eigenvalue weighted by molar-refractivity contribution is -0.125. The molecule has 52 heavy (non-hydrogen) atoms. The van der Waals surface area contributed by atoms with Gasteiger partial charge in [0, 0.05) is 58.9 Å². The molecule has 4 atom stereocenters. The topological polar surface area (TPSA) is 179 Å². The van der Waals surface area contributed by atoms with Crippen LogP contribution in [0.5, 0.6) is 0 Å². The summed E-state index contributed by atoms with van der Waals surface area (Å²) < 4.78 is 10.8. The second-order valence-corrected chi connectivity index (χ2v) is 15.7. The zero-order chi connectivity index (χ0) is 38.0. The van der Waals surface area contributed by atoms with Crippen molar-refractivity contribution in [3.05, 3.63) is 69.8 Å². The summed E-state index contributed by atoms with van der Waals surface area (Å²) >= 11 is 0. The number of likely N-dealkylation sites (tertiary alicyclic amines) is 2. The first-order valence-corrected chi connectivity index (χ1v) is 17.3. The van der Waals surface area contributed by atoms with Crippen molar-refractivity contribution in [3.63, 3.8) is 0 Å². The molecule has 2 fully saturated rings. The molecular weight excluding hydrogens is 672 g/mol. The van der Waals surface area contributed by atoms with Crippen LogP contribution < -0.4 is 0 Å². The van der Waals surface area contributed by atoms with Crippen molar-refractivity contribution in [2.24, 2.45) is 17.8 Å². The number of carbonyl (C=O) groups is 9. The van der Waals surface area contributed by atoms with Gasteiger partial charge in [0.1, 0.15) is 23.0 Å². The van der Waals surface area contributed by atoms with E-state index in [0.717, 1.165) is 0 Å². The van der Waals surface area contributed by atoms with Gasteiger partial charge in [-0.15, -0.1) is 0 Å². The zero-order valence-electron chi connectivity index (χ0n) is 29.9. The number of amides is 2. The third-order valence-corrected chi connectivity index (χ3v) is 9.69. The average molecular weight is 713 g/mol. The number of Topliss-reactive ketones (excluding diaryl/α,β-unsaturated/α-hetero) is 6. The van der Waals surface area contributed by atoms with E-state index in [1.54, 1.807) is 41.5 Å². The SMILES string of the molecule is CC(C)(C)OC(=O)N1CC[C@@H](C(=O)C2C(=O)c3ccc(C(=O)c4ccc5c(c4)C(=O)C(C(=O)[C@H]4CCCN4C(=O)OC(C)(C)C)C5=O)cc3C2=O)C1. The van der Waals surface area contributed by atoms with Crippen molar-refractivity contribution >= 4 is 52.7 Å². The smallest absolute Gasteiger partial charge is 0.410 e. The minimum atomic E-state index is -1.66. The van der Waals surface area contributed by atoms with E-state index in [1.165, 1.54) is 46.2 Å². The summed E-state index contributed by atoms with van der Waals surface area (Å²) in [5.41, 5.74) is -1.74. The quantitative estimate of drug-likeness (QED) is 0.299. The fourth-order valence-corrected chi connectivity index (χ4v) is 7.27. The highest BCUT2D eigenvalue weighted by Crippen LogP contribution is 2.35. The van der Waals surface area contributed by atoms with Crippen molar-refractivity contribution in [2.45, 2.75) is 78.0 Å². The maximum absolute atomic E-state index is 13.7. The Morgan fingerprint density at radius 1 is 0.615 bits per heavy atom. The standard InChI is InChI=1S/C39H40N2O11/c1-38(2,3)51-36(49)40-15-13-21(18-40)30(43)27-31(44)22-11-9-19(16-24(22)33(27)46)29(42)20-10-12-23-25(17-20)34(47)28(32(23)45)35(48)26-8-7-14-41(26)37(50)52-39(4,5)6/h9-12,16-17,21,26-28H,7-8,13-15,18H2,1-6H3/t21-,26-,27?,28?/m1/s1. The summed E-state index contributed by atoms with van der Waals surface area (Å²) in [5.74, 6) is -8.81. The molecule has 272 valence electrons. The maximum atomic E-state index is 13.7. The van der Waals surface area contributed by atoms with E-state index in [2.05, 4.69) is 0 Å². The number of nitrogens with zero attached hydrogens (tertiary/aromatic N) is 2. The number of carbonyl (C=O) groups excluding carboxylic acids is 9. The zero-order valence-corrected chi connectivity index (χ0v) is 29.9. The van der Waals surface area contributed by atoms with Crippen molar-refractivity contribution in [1.29, 1.82) is 0 Å².